The van der Waals surface area contributed by atoms with Crippen molar-refractivity contribution in [2.24, 2.45) is 0 Å². The molecule has 2 aromatic rings. The van der Waals surface area contributed by atoms with Crippen molar-refractivity contribution in [1.82, 2.24) is 0 Å². The number of benzene rings is 2. The largest absolute Gasteiger partial charge is 0.466 e. The molecule has 24 heavy (non-hydrogen) atoms. The molecule has 5 nitrogen and oxygen atoms in total. The average molecular weight is 345 g/mol. The van der Waals surface area contributed by atoms with Gasteiger partial charge in [0.1, 0.15) is 0 Å². The second-order valence-electron chi connectivity index (χ2n) is 5.69. The minimum Gasteiger partial charge on any atom is -0.466 e. The van der Waals surface area contributed by atoms with Gasteiger partial charge in [0.25, 0.3) is 0 Å². The van der Waals surface area contributed by atoms with E-state index in [0.29, 0.717) is 5.69 Å². The van der Waals surface area contributed by atoms with Crippen LogP contribution in [0.1, 0.15) is 24.9 Å². The van der Waals surface area contributed by atoms with Crippen LogP contribution in [-0.2, 0) is 19.6 Å². The predicted molar refractivity (Wildman–Crippen MR) is 93.2 cm³/mol. The molecule has 6 heteroatoms. The summed E-state index contributed by atoms with van der Waals surface area (Å²) < 4.78 is 31.3. The molecule has 0 N–H and O–H groups in total. The number of hydrogen-bond acceptors (Lipinski definition) is 4. The Labute approximate surface area is 141 Å². The number of rotatable bonds is 4. The third-order valence-electron chi connectivity index (χ3n) is 4.06. The van der Waals surface area contributed by atoms with Crippen LogP contribution < -0.4 is 4.31 Å². The van der Waals surface area contributed by atoms with E-state index in [2.05, 4.69) is 0 Å². The maximum absolute atomic E-state index is 12.5. The Kier molecular flexibility index (Phi) is 4.32. The first-order valence-electron chi connectivity index (χ1n) is 7.77. The Morgan fingerprint density at radius 2 is 1.71 bits per heavy atom. The maximum Gasteiger partial charge on any atom is 0.308 e. The van der Waals surface area contributed by atoms with E-state index < -0.39 is 22.0 Å². The number of sulfonamides is 1. The molecule has 0 spiro atoms. The number of carbonyl (C=O) groups excluding carboxylic acids is 1. The Bertz CT molecular complexity index is 876. The van der Waals surface area contributed by atoms with E-state index in [-0.39, 0.29) is 13.0 Å². The Morgan fingerprint density at radius 1 is 1.08 bits per heavy atom. The first kappa shape index (κ1) is 16.5. The number of ether oxygens (including phenoxy) is 1. The molecule has 3 rings (SSSR count). The number of nitrogens with zero attached hydrogens (tertiary/aromatic N) is 1. The lowest BCUT2D eigenvalue weighted by atomic mass is 9.88. The van der Waals surface area contributed by atoms with Gasteiger partial charge >= 0.3 is 5.97 Å². The molecule has 0 aliphatic carbocycles. The van der Waals surface area contributed by atoms with Gasteiger partial charge in [-0.2, -0.15) is 0 Å². The van der Waals surface area contributed by atoms with Gasteiger partial charge in [-0.25, -0.2) is 8.42 Å². The van der Waals surface area contributed by atoms with E-state index in [1.54, 1.807) is 19.1 Å². The SMILES string of the molecule is CCOC(=O)CC1c2ccccc2-c2ccccc2N1S(C)(=O)=O. The zero-order valence-electron chi connectivity index (χ0n) is 13.6. The third-order valence-corrected chi connectivity index (χ3v) is 5.22. The lowest BCUT2D eigenvalue weighted by Crippen LogP contribution is -2.38. The lowest BCUT2D eigenvalue weighted by molar-refractivity contribution is -0.143. The normalized spacial score (nSPS) is 16.2. The van der Waals surface area contributed by atoms with Gasteiger partial charge in [0.15, 0.2) is 0 Å². The first-order chi connectivity index (χ1) is 11.4. The van der Waals surface area contributed by atoms with Gasteiger partial charge in [-0.3, -0.25) is 9.10 Å². The smallest absolute Gasteiger partial charge is 0.308 e. The summed E-state index contributed by atoms with van der Waals surface area (Å²) in [6.45, 7) is 2.00. The van der Waals surface area contributed by atoms with Gasteiger partial charge in [0.2, 0.25) is 10.0 Å². The molecule has 1 aliphatic heterocycles. The number of carbonyl (C=O) groups is 1. The van der Waals surface area contributed by atoms with Crippen LogP contribution in [-0.4, -0.2) is 27.2 Å². The quantitative estimate of drug-likeness (QED) is 0.799. The molecule has 0 aromatic heterocycles. The van der Waals surface area contributed by atoms with Crippen molar-refractivity contribution in [3.63, 3.8) is 0 Å². The predicted octanol–water partition coefficient (Wildman–Crippen LogP) is 3.13. The minimum atomic E-state index is -3.57. The summed E-state index contributed by atoms with van der Waals surface area (Å²) in [5.74, 6) is -0.412. The summed E-state index contributed by atoms with van der Waals surface area (Å²) >= 11 is 0. The second-order valence-corrected chi connectivity index (χ2v) is 7.55. The number of anilines is 1. The summed E-state index contributed by atoms with van der Waals surface area (Å²) in [5, 5.41) is 0. The molecular formula is C18H19NO4S. The summed E-state index contributed by atoms with van der Waals surface area (Å²) in [5.41, 5.74) is 3.20. The third kappa shape index (κ3) is 2.89. The fourth-order valence-electron chi connectivity index (χ4n) is 3.20. The number of para-hydroxylation sites is 1. The molecule has 0 saturated heterocycles. The zero-order chi connectivity index (χ0) is 17.3. The highest BCUT2D eigenvalue weighted by atomic mass is 32.2. The molecule has 0 fully saturated rings. The van der Waals surface area contributed by atoms with Gasteiger partial charge in [-0.15, -0.1) is 0 Å². The number of esters is 1. The Balaban J connectivity index is 2.20. The van der Waals surface area contributed by atoms with Crippen molar-refractivity contribution in [3.8, 4) is 11.1 Å². The highest BCUT2D eigenvalue weighted by molar-refractivity contribution is 7.92. The van der Waals surface area contributed by atoms with Crippen LogP contribution in [0.15, 0.2) is 48.5 Å². The molecule has 0 amide bonds. The molecular weight excluding hydrogens is 326 g/mol. The summed E-state index contributed by atoms with van der Waals surface area (Å²) in [4.78, 5) is 12.1. The fraction of sp³-hybridized carbons (Fsp3) is 0.278. The summed E-state index contributed by atoms with van der Waals surface area (Å²) in [6.07, 6.45) is 1.14. The van der Waals surface area contributed by atoms with E-state index in [1.165, 1.54) is 4.31 Å². The fourth-order valence-corrected chi connectivity index (χ4v) is 4.37. The number of hydrogen-bond donors (Lipinski definition) is 0. The van der Waals surface area contributed by atoms with Crippen LogP contribution in [0.2, 0.25) is 0 Å². The van der Waals surface area contributed by atoms with Crippen molar-refractivity contribution >= 4 is 21.7 Å². The van der Waals surface area contributed by atoms with Gasteiger partial charge in [0.05, 0.1) is 31.0 Å². The second kappa shape index (κ2) is 6.28. The van der Waals surface area contributed by atoms with Gasteiger partial charge in [0, 0.05) is 5.56 Å². The molecule has 1 atom stereocenters. The number of fused-ring (bicyclic) bond motifs is 3. The maximum atomic E-state index is 12.5. The van der Waals surface area contributed by atoms with Crippen molar-refractivity contribution in [1.29, 1.82) is 0 Å². The van der Waals surface area contributed by atoms with Crippen LogP contribution in [0.5, 0.6) is 0 Å². The highest BCUT2D eigenvalue weighted by Gasteiger charge is 2.37. The van der Waals surface area contributed by atoms with Crippen LogP contribution in [0.25, 0.3) is 11.1 Å². The van der Waals surface area contributed by atoms with E-state index in [0.717, 1.165) is 22.9 Å². The van der Waals surface area contributed by atoms with Crippen molar-refractivity contribution in [3.05, 3.63) is 54.1 Å². The Hall–Kier alpha value is -2.34. The zero-order valence-corrected chi connectivity index (χ0v) is 14.4. The van der Waals surface area contributed by atoms with E-state index in [4.69, 9.17) is 4.74 Å². The van der Waals surface area contributed by atoms with Crippen LogP contribution >= 0.6 is 0 Å². The van der Waals surface area contributed by atoms with E-state index in [1.807, 2.05) is 36.4 Å². The molecule has 1 aliphatic rings. The van der Waals surface area contributed by atoms with Crippen molar-refractivity contribution in [2.45, 2.75) is 19.4 Å². The topological polar surface area (TPSA) is 63.7 Å². The molecule has 0 saturated carbocycles. The first-order valence-corrected chi connectivity index (χ1v) is 9.61. The van der Waals surface area contributed by atoms with Gasteiger partial charge < -0.3 is 4.74 Å². The molecule has 0 bridgehead atoms. The van der Waals surface area contributed by atoms with Crippen LogP contribution in [0.3, 0.4) is 0 Å². The highest BCUT2D eigenvalue weighted by Crippen LogP contribution is 2.46. The monoisotopic (exact) mass is 345 g/mol. The Morgan fingerprint density at radius 3 is 2.38 bits per heavy atom. The average Bonchev–Trinajstić information content (AvgIpc) is 2.54. The van der Waals surface area contributed by atoms with E-state index >= 15 is 0 Å². The molecule has 126 valence electrons. The van der Waals surface area contributed by atoms with Gasteiger partial charge in [-0.05, 0) is 24.1 Å². The molecule has 2 aromatic carbocycles. The molecule has 0 radical (unpaired) electrons. The summed E-state index contributed by atoms with van der Waals surface area (Å²) in [7, 11) is -3.57. The standard InChI is InChI=1S/C18H19NO4S/c1-3-23-18(20)12-17-15-10-5-4-8-13(15)14-9-6-7-11-16(14)19(17)24(2,21)22/h4-11,17H,3,12H2,1-2H3. The van der Waals surface area contributed by atoms with Crippen molar-refractivity contribution in [2.75, 3.05) is 17.2 Å². The summed E-state index contributed by atoms with van der Waals surface area (Å²) in [6, 6.07) is 14.3. The van der Waals surface area contributed by atoms with Gasteiger partial charge in [-0.1, -0.05) is 42.5 Å². The van der Waals surface area contributed by atoms with E-state index in [9.17, 15) is 13.2 Å². The van der Waals surface area contributed by atoms with Crippen molar-refractivity contribution < 1.29 is 17.9 Å². The molecule has 1 unspecified atom stereocenters. The van der Waals surface area contributed by atoms with Crippen LogP contribution in [0, 0.1) is 0 Å². The lowest BCUT2D eigenvalue weighted by Gasteiger charge is -2.38. The molecule has 1 heterocycles. The minimum absolute atomic E-state index is 0.0216. The van der Waals surface area contributed by atoms with Crippen LogP contribution in [0.4, 0.5) is 5.69 Å².